The molecule has 0 aliphatic rings. The summed E-state index contributed by atoms with van der Waals surface area (Å²) in [6, 6.07) is 15.4. The van der Waals surface area contributed by atoms with Crippen LogP contribution in [0.15, 0.2) is 65.3 Å². The highest BCUT2D eigenvalue weighted by Crippen LogP contribution is 2.19. The van der Waals surface area contributed by atoms with Gasteiger partial charge in [-0.3, -0.25) is 9.59 Å². The molecule has 1 atom stereocenters. The van der Waals surface area contributed by atoms with E-state index in [1.54, 1.807) is 43.3 Å². The lowest BCUT2D eigenvalue weighted by Gasteiger charge is -2.15. The summed E-state index contributed by atoms with van der Waals surface area (Å²) in [6.45, 7) is 5.35. The lowest BCUT2D eigenvalue weighted by molar-refractivity contribution is -0.123. The van der Waals surface area contributed by atoms with Gasteiger partial charge in [0, 0.05) is 11.4 Å². The van der Waals surface area contributed by atoms with Crippen LogP contribution in [0, 0.1) is 6.92 Å². The molecular formula is C24H24N2O5. The number of hydrogen-bond donors (Lipinski definition) is 2. The molecule has 160 valence electrons. The first-order valence-corrected chi connectivity index (χ1v) is 9.93. The SMILES string of the molecule is CCc1ccc(NC(=O)[C@H](C)OC(=O)c2ccc(C)c(NC(=O)c3ccco3)c2)cc1. The van der Waals surface area contributed by atoms with Crippen molar-refractivity contribution in [1.29, 1.82) is 0 Å². The fraction of sp³-hybridized carbons (Fsp3) is 0.208. The molecule has 0 fully saturated rings. The summed E-state index contributed by atoms with van der Waals surface area (Å²) in [6.07, 6.45) is 1.31. The van der Waals surface area contributed by atoms with Crippen LogP contribution in [-0.4, -0.2) is 23.9 Å². The van der Waals surface area contributed by atoms with Gasteiger partial charge in [0.05, 0.1) is 11.8 Å². The fourth-order valence-electron chi connectivity index (χ4n) is 2.83. The van der Waals surface area contributed by atoms with Gasteiger partial charge in [0.15, 0.2) is 11.9 Å². The van der Waals surface area contributed by atoms with Gasteiger partial charge in [-0.15, -0.1) is 0 Å². The maximum Gasteiger partial charge on any atom is 0.338 e. The third-order valence-corrected chi connectivity index (χ3v) is 4.75. The van der Waals surface area contributed by atoms with Gasteiger partial charge >= 0.3 is 5.97 Å². The van der Waals surface area contributed by atoms with Crippen molar-refractivity contribution in [2.45, 2.75) is 33.3 Å². The third-order valence-electron chi connectivity index (χ3n) is 4.75. The van der Waals surface area contributed by atoms with Crippen LogP contribution < -0.4 is 10.6 Å². The maximum atomic E-state index is 12.5. The van der Waals surface area contributed by atoms with Crippen LogP contribution in [0.25, 0.3) is 0 Å². The normalized spacial score (nSPS) is 11.5. The van der Waals surface area contributed by atoms with Gasteiger partial charge in [-0.25, -0.2) is 4.79 Å². The Labute approximate surface area is 180 Å². The van der Waals surface area contributed by atoms with Crippen LogP contribution in [0.4, 0.5) is 11.4 Å². The van der Waals surface area contributed by atoms with Gasteiger partial charge in [0.2, 0.25) is 0 Å². The molecule has 0 unspecified atom stereocenters. The monoisotopic (exact) mass is 420 g/mol. The zero-order valence-electron chi connectivity index (χ0n) is 17.6. The van der Waals surface area contributed by atoms with Crippen molar-refractivity contribution >= 4 is 29.2 Å². The zero-order chi connectivity index (χ0) is 22.4. The molecule has 1 aromatic heterocycles. The second-order valence-electron chi connectivity index (χ2n) is 7.05. The number of carbonyl (C=O) groups is 3. The van der Waals surface area contributed by atoms with E-state index in [0.29, 0.717) is 11.4 Å². The molecule has 0 aliphatic carbocycles. The molecule has 0 radical (unpaired) electrons. The lowest BCUT2D eigenvalue weighted by Crippen LogP contribution is -2.30. The smallest absolute Gasteiger partial charge is 0.338 e. The number of hydrogen-bond acceptors (Lipinski definition) is 5. The van der Waals surface area contributed by atoms with Crippen LogP contribution in [0.5, 0.6) is 0 Å². The second kappa shape index (κ2) is 9.75. The van der Waals surface area contributed by atoms with Crippen LogP contribution in [0.1, 0.15) is 45.9 Å². The number of rotatable bonds is 7. The fourth-order valence-corrected chi connectivity index (χ4v) is 2.83. The number of aryl methyl sites for hydroxylation is 2. The van der Waals surface area contributed by atoms with E-state index in [4.69, 9.17) is 9.15 Å². The van der Waals surface area contributed by atoms with E-state index in [-0.39, 0.29) is 11.3 Å². The Morgan fingerprint density at radius 3 is 2.42 bits per heavy atom. The minimum absolute atomic E-state index is 0.157. The predicted octanol–water partition coefficient (Wildman–Crippen LogP) is 4.59. The molecule has 3 aromatic rings. The molecule has 2 amide bonds. The van der Waals surface area contributed by atoms with Crippen molar-refractivity contribution in [2.75, 3.05) is 10.6 Å². The average molecular weight is 420 g/mol. The second-order valence-corrected chi connectivity index (χ2v) is 7.05. The van der Waals surface area contributed by atoms with Crippen LogP contribution in [0.2, 0.25) is 0 Å². The first-order valence-electron chi connectivity index (χ1n) is 9.93. The maximum absolute atomic E-state index is 12.5. The number of amides is 2. The Kier molecular flexibility index (Phi) is 6.87. The Bertz CT molecular complexity index is 1070. The molecule has 1 heterocycles. The van der Waals surface area contributed by atoms with E-state index in [2.05, 4.69) is 10.6 Å². The number of benzene rings is 2. The molecule has 0 saturated heterocycles. The summed E-state index contributed by atoms with van der Waals surface area (Å²) in [5.74, 6) is -1.38. The summed E-state index contributed by atoms with van der Waals surface area (Å²) in [5, 5.41) is 5.43. The largest absolute Gasteiger partial charge is 0.459 e. The molecule has 31 heavy (non-hydrogen) atoms. The van der Waals surface area contributed by atoms with Gasteiger partial charge < -0.3 is 19.8 Å². The van der Waals surface area contributed by atoms with E-state index >= 15 is 0 Å². The van der Waals surface area contributed by atoms with Crippen LogP contribution in [0.3, 0.4) is 0 Å². The highest BCUT2D eigenvalue weighted by atomic mass is 16.5. The Balaban J connectivity index is 1.63. The number of ether oxygens (including phenoxy) is 1. The first kappa shape index (κ1) is 21.8. The van der Waals surface area contributed by atoms with Crippen LogP contribution >= 0.6 is 0 Å². The highest BCUT2D eigenvalue weighted by molar-refractivity contribution is 6.03. The van der Waals surface area contributed by atoms with E-state index in [0.717, 1.165) is 17.5 Å². The zero-order valence-corrected chi connectivity index (χ0v) is 17.6. The molecule has 2 N–H and O–H groups in total. The molecule has 0 spiro atoms. The van der Waals surface area contributed by atoms with Gasteiger partial charge in [0.25, 0.3) is 11.8 Å². The van der Waals surface area contributed by atoms with Gasteiger partial charge in [-0.1, -0.05) is 25.1 Å². The minimum Gasteiger partial charge on any atom is -0.459 e. The predicted molar refractivity (Wildman–Crippen MR) is 117 cm³/mol. The average Bonchev–Trinajstić information content (AvgIpc) is 3.30. The molecule has 0 aliphatic heterocycles. The number of furan rings is 1. The quantitative estimate of drug-likeness (QED) is 0.545. The molecular weight excluding hydrogens is 396 g/mol. The summed E-state index contributed by atoms with van der Waals surface area (Å²) in [7, 11) is 0. The van der Waals surface area contributed by atoms with E-state index < -0.39 is 23.9 Å². The van der Waals surface area contributed by atoms with Crippen molar-refractivity contribution in [3.8, 4) is 0 Å². The van der Waals surface area contributed by atoms with Gasteiger partial charge in [0.1, 0.15) is 0 Å². The molecule has 0 saturated carbocycles. The summed E-state index contributed by atoms with van der Waals surface area (Å²) in [5.41, 5.74) is 3.21. The van der Waals surface area contributed by atoms with Crippen molar-refractivity contribution in [1.82, 2.24) is 0 Å². The summed E-state index contributed by atoms with van der Waals surface area (Å²) >= 11 is 0. The Hall–Kier alpha value is -3.87. The molecule has 7 nitrogen and oxygen atoms in total. The standard InChI is InChI=1S/C24H24N2O5/c1-4-17-8-11-19(12-9-17)25-22(27)16(3)31-24(29)18-10-7-15(2)20(14-18)26-23(28)21-6-5-13-30-21/h5-14,16H,4H2,1-3H3,(H,25,27)(H,26,28)/t16-/m0/s1. The van der Waals surface area contributed by atoms with Crippen molar-refractivity contribution in [2.24, 2.45) is 0 Å². The highest BCUT2D eigenvalue weighted by Gasteiger charge is 2.20. The van der Waals surface area contributed by atoms with E-state index in [9.17, 15) is 14.4 Å². The van der Waals surface area contributed by atoms with E-state index in [1.165, 1.54) is 19.3 Å². The molecule has 0 bridgehead atoms. The Morgan fingerprint density at radius 2 is 1.77 bits per heavy atom. The van der Waals surface area contributed by atoms with Gasteiger partial charge in [-0.2, -0.15) is 0 Å². The number of nitrogens with one attached hydrogen (secondary N) is 2. The van der Waals surface area contributed by atoms with Gasteiger partial charge in [-0.05, 0) is 67.8 Å². The number of carbonyl (C=O) groups excluding carboxylic acids is 3. The molecule has 7 heteroatoms. The summed E-state index contributed by atoms with van der Waals surface area (Å²) < 4.78 is 10.4. The molecule has 3 rings (SSSR count). The van der Waals surface area contributed by atoms with E-state index in [1.807, 2.05) is 19.1 Å². The van der Waals surface area contributed by atoms with Crippen molar-refractivity contribution < 1.29 is 23.5 Å². The number of anilines is 2. The van der Waals surface area contributed by atoms with Crippen molar-refractivity contribution in [3.05, 3.63) is 83.3 Å². The third kappa shape index (κ3) is 5.60. The summed E-state index contributed by atoms with van der Waals surface area (Å²) in [4.78, 5) is 37.1. The Morgan fingerprint density at radius 1 is 1.03 bits per heavy atom. The minimum atomic E-state index is -0.999. The van der Waals surface area contributed by atoms with Crippen molar-refractivity contribution in [3.63, 3.8) is 0 Å². The first-order chi connectivity index (χ1) is 14.9. The molecule has 2 aromatic carbocycles. The lowest BCUT2D eigenvalue weighted by atomic mass is 10.1. The number of esters is 1. The van der Waals surface area contributed by atoms with Crippen LogP contribution in [-0.2, 0) is 16.0 Å². The topological polar surface area (TPSA) is 97.6 Å².